The fourth-order valence-electron chi connectivity index (χ4n) is 1.27. The van der Waals surface area contributed by atoms with E-state index in [4.69, 9.17) is 28.9 Å². The average molecular weight is 260 g/mol. The molecule has 0 radical (unpaired) electrons. The molecule has 0 aliphatic rings. The number of Topliss-reactive ketones (excluding diaryl/α,β-unsaturated/α-hetero) is 1. The fraction of sp³-hybridized carbons (Fsp3) is 0.417. The van der Waals surface area contributed by atoms with Gasteiger partial charge in [0.2, 0.25) is 0 Å². The van der Waals surface area contributed by atoms with Crippen molar-refractivity contribution in [3.8, 4) is 0 Å². The Morgan fingerprint density at radius 1 is 1.38 bits per heavy atom. The van der Waals surface area contributed by atoms with Gasteiger partial charge >= 0.3 is 0 Å². The summed E-state index contributed by atoms with van der Waals surface area (Å²) < 4.78 is 0. The molecule has 1 rings (SSSR count). The predicted octanol–water partition coefficient (Wildman–Crippen LogP) is 3.55. The number of nitrogens with two attached hydrogens (primary N) is 1. The summed E-state index contributed by atoms with van der Waals surface area (Å²) in [5.74, 6) is 0.204. The van der Waals surface area contributed by atoms with E-state index in [1.807, 2.05) is 13.8 Å². The monoisotopic (exact) mass is 259 g/mol. The first-order valence-electron chi connectivity index (χ1n) is 5.15. The van der Waals surface area contributed by atoms with E-state index in [0.717, 1.165) is 0 Å². The Morgan fingerprint density at radius 2 is 2.00 bits per heavy atom. The Bertz CT molecular complexity index is 391. The standard InChI is InChI=1S/C12H15Cl2NO/c1-7(2)11(15)6-12(16)9-5-8(13)3-4-10(9)14/h3-5,7,11H,6,15H2,1-2H3. The lowest BCUT2D eigenvalue weighted by atomic mass is 9.96. The zero-order chi connectivity index (χ0) is 12.3. The number of halogens is 2. The highest BCUT2D eigenvalue weighted by atomic mass is 35.5. The van der Waals surface area contributed by atoms with Crippen molar-refractivity contribution in [2.24, 2.45) is 11.7 Å². The maximum absolute atomic E-state index is 11.9. The summed E-state index contributed by atoms with van der Waals surface area (Å²) in [6.07, 6.45) is 0.289. The third kappa shape index (κ3) is 3.48. The molecule has 0 aromatic heterocycles. The fourth-order valence-corrected chi connectivity index (χ4v) is 1.67. The second kappa shape index (κ2) is 5.67. The van der Waals surface area contributed by atoms with Crippen LogP contribution in [0.25, 0.3) is 0 Å². The molecule has 0 heterocycles. The Labute approximate surface area is 106 Å². The summed E-state index contributed by atoms with van der Waals surface area (Å²) in [7, 11) is 0. The smallest absolute Gasteiger partial charge is 0.165 e. The Balaban J connectivity index is 2.84. The number of carbonyl (C=O) groups is 1. The Kier molecular flexibility index (Phi) is 4.78. The summed E-state index contributed by atoms with van der Waals surface area (Å²) >= 11 is 11.8. The maximum Gasteiger partial charge on any atom is 0.165 e. The van der Waals surface area contributed by atoms with Crippen molar-refractivity contribution in [1.29, 1.82) is 0 Å². The van der Waals surface area contributed by atoms with Crippen LogP contribution in [0.1, 0.15) is 30.6 Å². The predicted molar refractivity (Wildman–Crippen MR) is 68.2 cm³/mol. The van der Waals surface area contributed by atoms with Crippen LogP contribution in [0.4, 0.5) is 0 Å². The number of hydrogen-bond donors (Lipinski definition) is 1. The van der Waals surface area contributed by atoms with Crippen LogP contribution in [0.5, 0.6) is 0 Å². The van der Waals surface area contributed by atoms with Crippen LogP contribution >= 0.6 is 23.2 Å². The van der Waals surface area contributed by atoms with Crippen molar-refractivity contribution >= 4 is 29.0 Å². The van der Waals surface area contributed by atoms with Gasteiger partial charge in [-0.3, -0.25) is 4.79 Å². The zero-order valence-electron chi connectivity index (χ0n) is 9.34. The second-order valence-electron chi connectivity index (χ2n) is 4.16. The van der Waals surface area contributed by atoms with Gasteiger partial charge in [-0.25, -0.2) is 0 Å². The Hall–Kier alpha value is -0.570. The molecular formula is C12H15Cl2NO. The van der Waals surface area contributed by atoms with Gasteiger partial charge < -0.3 is 5.73 Å². The minimum absolute atomic E-state index is 0.0614. The maximum atomic E-state index is 11.9. The van der Waals surface area contributed by atoms with Gasteiger partial charge in [0.15, 0.2) is 5.78 Å². The highest BCUT2D eigenvalue weighted by molar-refractivity contribution is 6.35. The summed E-state index contributed by atoms with van der Waals surface area (Å²) in [6, 6.07) is 4.71. The van der Waals surface area contributed by atoms with E-state index < -0.39 is 0 Å². The van der Waals surface area contributed by atoms with Gasteiger partial charge in [0.1, 0.15) is 0 Å². The Morgan fingerprint density at radius 3 is 2.56 bits per heavy atom. The van der Waals surface area contributed by atoms with Gasteiger partial charge in [0.25, 0.3) is 0 Å². The lowest BCUT2D eigenvalue weighted by Gasteiger charge is -2.14. The van der Waals surface area contributed by atoms with Crippen molar-refractivity contribution in [3.05, 3.63) is 33.8 Å². The molecule has 2 nitrogen and oxygen atoms in total. The summed E-state index contributed by atoms with van der Waals surface area (Å²) in [5.41, 5.74) is 6.30. The number of hydrogen-bond acceptors (Lipinski definition) is 2. The van der Waals surface area contributed by atoms with E-state index in [2.05, 4.69) is 0 Å². The molecule has 0 saturated carbocycles. The first-order valence-corrected chi connectivity index (χ1v) is 5.91. The molecule has 2 N–H and O–H groups in total. The van der Waals surface area contributed by atoms with Crippen LogP contribution in [-0.2, 0) is 0 Å². The molecule has 0 amide bonds. The van der Waals surface area contributed by atoms with E-state index in [1.54, 1.807) is 18.2 Å². The third-order valence-electron chi connectivity index (χ3n) is 2.51. The largest absolute Gasteiger partial charge is 0.327 e. The minimum atomic E-state index is -0.150. The number of carbonyl (C=O) groups excluding carboxylic acids is 1. The molecule has 1 aromatic carbocycles. The molecule has 1 atom stereocenters. The van der Waals surface area contributed by atoms with Crippen molar-refractivity contribution in [2.45, 2.75) is 26.3 Å². The molecule has 88 valence electrons. The van der Waals surface area contributed by atoms with Crippen molar-refractivity contribution < 1.29 is 4.79 Å². The summed E-state index contributed by atoms with van der Waals surface area (Å²) in [4.78, 5) is 11.9. The molecule has 0 saturated heterocycles. The molecule has 1 unspecified atom stereocenters. The zero-order valence-corrected chi connectivity index (χ0v) is 10.8. The molecule has 0 fully saturated rings. The number of ketones is 1. The molecule has 0 spiro atoms. The van der Waals surface area contributed by atoms with E-state index in [0.29, 0.717) is 15.6 Å². The van der Waals surface area contributed by atoms with Crippen LogP contribution in [0, 0.1) is 5.92 Å². The second-order valence-corrected chi connectivity index (χ2v) is 5.00. The normalized spacial score (nSPS) is 12.9. The average Bonchev–Trinajstić information content (AvgIpc) is 2.21. The lowest BCUT2D eigenvalue weighted by molar-refractivity contribution is 0.0968. The first kappa shape index (κ1) is 13.5. The summed E-state index contributed by atoms with van der Waals surface area (Å²) in [5, 5.41) is 0.927. The van der Waals surface area contributed by atoms with Crippen LogP contribution in [-0.4, -0.2) is 11.8 Å². The van der Waals surface area contributed by atoms with E-state index in [9.17, 15) is 4.79 Å². The quantitative estimate of drug-likeness (QED) is 0.841. The molecular weight excluding hydrogens is 245 g/mol. The van der Waals surface area contributed by atoms with Gasteiger partial charge in [-0.05, 0) is 24.1 Å². The molecule has 0 aliphatic heterocycles. The highest BCUT2D eigenvalue weighted by Gasteiger charge is 2.16. The molecule has 0 bridgehead atoms. The van der Waals surface area contributed by atoms with Crippen LogP contribution in [0.3, 0.4) is 0 Å². The van der Waals surface area contributed by atoms with E-state index >= 15 is 0 Å². The van der Waals surface area contributed by atoms with Gasteiger partial charge in [0, 0.05) is 23.0 Å². The van der Waals surface area contributed by atoms with E-state index in [1.165, 1.54) is 0 Å². The molecule has 0 aliphatic carbocycles. The minimum Gasteiger partial charge on any atom is -0.327 e. The van der Waals surface area contributed by atoms with Crippen LogP contribution < -0.4 is 5.73 Å². The van der Waals surface area contributed by atoms with Crippen molar-refractivity contribution in [1.82, 2.24) is 0 Å². The van der Waals surface area contributed by atoms with Gasteiger partial charge in [-0.2, -0.15) is 0 Å². The van der Waals surface area contributed by atoms with E-state index in [-0.39, 0.29) is 24.2 Å². The topological polar surface area (TPSA) is 43.1 Å². The first-order chi connectivity index (χ1) is 7.41. The van der Waals surface area contributed by atoms with Gasteiger partial charge in [-0.15, -0.1) is 0 Å². The highest BCUT2D eigenvalue weighted by Crippen LogP contribution is 2.22. The van der Waals surface area contributed by atoms with Crippen molar-refractivity contribution in [2.75, 3.05) is 0 Å². The third-order valence-corrected chi connectivity index (χ3v) is 3.07. The molecule has 1 aromatic rings. The molecule has 16 heavy (non-hydrogen) atoms. The molecule has 4 heteroatoms. The SMILES string of the molecule is CC(C)C(N)CC(=O)c1cc(Cl)ccc1Cl. The van der Waals surface area contributed by atoms with Crippen molar-refractivity contribution in [3.63, 3.8) is 0 Å². The number of rotatable bonds is 4. The summed E-state index contributed by atoms with van der Waals surface area (Å²) in [6.45, 7) is 3.97. The van der Waals surface area contributed by atoms with Gasteiger partial charge in [0.05, 0.1) is 5.02 Å². The van der Waals surface area contributed by atoms with Gasteiger partial charge in [-0.1, -0.05) is 37.0 Å². The van der Waals surface area contributed by atoms with Crippen LogP contribution in [0.15, 0.2) is 18.2 Å². The number of benzene rings is 1. The van der Waals surface area contributed by atoms with Crippen LogP contribution in [0.2, 0.25) is 10.0 Å². The lowest BCUT2D eigenvalue weighted by Crippen LogP contribution is -2.29.